The molecule has 2 N–H and O–H groups in total. The lowest BCUT2D eigenvalue weighted by Gasteiger charge is -2.15. The number of carboxylic acids is 1. The molecule has 0 radical (unpaired) electrons. The molecule has 1 aromatic rings. The van der Waals surface area contributed by atoms with E-state index in [1.54, 1.807) is 6.92 Å². The van der Waals surface area contributed by atoms with Crippen LogP contribution >= 0.6 is 11.3 Å². The predicted molar refractivity (Wildman–Crippen MR) is 60.1 cm³/mol. The molecule has 0 spiro atoms. The second kappa shape index (κ2) is 5.28. The molecule has 0 bridgehead atoms. The molecular formula is C11H16O3S. The summed E-state index contributed by atoms with van der Waals surface area (Å²) in [6.45, 7) is 3.81. The molecule has 1 heterocycles. The molecule has 2 unspecified atom stereocenters. The zero-order chi connectivity index (χ0) is 11.4. The molecule has 1 aromatic heterocycles. The summed E-state index contributed by atoms with van der Waals surface area (Å²) in [4.78, 5) is 12.8. The largest absolute Gasteiger partial charge is 0.481 e. The molecule has 0 aromatic carbocycles. The van der Waals surface area contributed by atoms with Gasteiger partial charge in [-0.3, -0.25) is 4.79 Å². The lowest BCUT2D eigenvalue weighted by atomic mass is 9.99. The average molecular weight is 228 g/mol. The number of rotatable bonds is 5. The molecule has 84 valence electrons. The first-order chi connectivity index (χ1) is 7.10. The van der Waals surface area contributed by atoms with E-state index in [2.05, 4.69) is 0 Å². The van der Waals surface area contributed by atoms with Gasteiger partial charge >= 0.3 is 5.97 Å². The Kier molecular flexibility index (Phi) is 4.29. The molecular weight excluding hydrogens is 212 g/mol. The van der Waals surface area contributed by atoms with Crippen molar-refractivity contribution in [1.29, 1.82) is 0 Å². The Labute approximate surface area is 93.4 Å². The fourth-order valence-electron chi connectivity index (χ4n) is 1.47. The van der Waals surface area contributed by atoms with Crippen LogP contribution in [0, 0.1) is 5.92 Å². The van der Waals surface area contributed by atoms with Crippen molar-refractivity contribution in [3.05, 3.63) is 21.9 Å². The summed E-state index contributed by atoms with van der Waals surface area (Å²) in [6.07, 6.45) is 0.481. The van der Waals surface area contributed by atoms with Crippen molar-refractivity contribution in [2.75, 3.05) is 0 Å². The van der Waals surface area contributed by atoms with Gasteiger partial charge in [0.15, 0.2) is 0 Å². The van der Waals surface area contributed by atoms with E-state index in [0.717, 1.165) is 11.3 Å². The predicted octanol–water partition coefficient (Wildman–Crippen LogP) is 2.45. The summed E-state index contributed by atoms with van der Waals surface area (Å²) in [5, 5.41) is 18.8. The minimum absolute atomic E-state index is 0.440. The van der Waals surface area contributed by atoms with Gasteiger partial charge in [0, 0.05) is 9.75 Å². The van der Waals surface area contributed by atoms with Gasteiger partial charge < -0.3 is 10.2 Å². The van der Waals surface area contributed by atoms with Crippen molar-refractivity contribution in [2.45, 2.75) is 32.8 Å². The fourth-order valence-corrected chi connectivity index (χ4v) is 2.48. The monoisotopic (exact) mass is 228 g/mol. The number of thiophene rings is 1. The van der Waals surface area contributed by atoms with Crippen LogP contribution in [0.4, 0.5) is 0 Å². The van der Waals surface area contributed by atoms with Gasteiger partial charge in [0.05, 0.1) is 5.92 Å². The van der Waals surface area contributed by atoms with Crippen LogP contribution in [0.15, 0.2) is 12.1 Å². The zero-order valence-electron chi connectivity index (χ0n) is 8.93. The number of aliphatic hydroxyl groups is 1. The quantitative estimate of drug-likeness (QED) is 0.814. The van der Waals surface area contributed by atoms with Crippen LogP contribution in [0.3, 0.4) is 0 Å². The molecule has 1 rings (SSSR count). The maximum Gasteiger partial charge on any atom is 0.309 e. The lowest BCUT2D eigenvalue weighted by molar-refractivity contribution is -0.145. The first-order valence-electron chi connectivity index (χ1n) is 5.09. The van der Waals surface area contributed by atoms with Gasteiger partial charge in [-0.15, -0.1) is 11.3 Å². The minimum atomic E-state index is -0.934. The highest BCUT2D eigenvalue weighted by Crippen LogP contribution is 2.30. The third-order valence-corrected chi connectivity index (χ3v) is 3.76. The van der Waals surface area contributed by atoms with Gasteiger partial charge in [-0.05, 0) is 25.0 Å². The Bertz CT molecular complexity index is 332. The van der Waals surface area contributed by atoms with Gasteiger partial charge in [-0.25, -0.2) is 0 Å². The molecule has 15 heavy (non-hydrogen) atoms. The van der Waals surface area contributed by atoms with Gasteiger partial charge in [-0.2, -0.15) is 0 Å². The van der Waals surface area contributed by atoms with E-state index >= 15 is 0 Å². The highest BCUT2D eigenvalue weighted by atomic mass is 32.1. The number of carboxylic acid groups (broad SMARTS) is 1. The molecule has 0 aliphatic heterocycles. The molecule has 0 aliphatic rings. The van der Waals surface area contributed by atoms with Crippen molar-refractivity contribution >= 4 is 17.3 Å². The Morgan fingerprint density at radius 1 is 1.47 bits per heavy atom. The van der Waals surface area contributed by atoms with Crippen LogP contribution in [0.1, 0.15) is 36.1 Å². The fraction of sp³-hybridized carbons (Fsp3) is 0.545. The van der Waals surface area contributed by atoms with Crippen LogP contribution < -0.4 is 0 Å². The number of aryl methyl sites for hydroxylation is 1. The third kappa shape index (κ3) is 2.79. The highest BCUT2D eigenvalue weighted by Gasteiger charge is 2.26. The normalized spacial score (nSPS) is 14.9. The molecule has 0 aliphatic carbocycles. The van der Waals surface area contributed by atoms with Gasteiger partial charge in [0.1, 0.15) is 6.10 Å². The van der Waals surface area contributed by atoms with Crippen LogP contribution in [0.25, 0.3) is 0 Å². The Morgan fingerprint density at radius 2 is 2.13 bits per heavy atom. The van der Waals surface area contributed by atoms with Crippen LogP contribution in [0.2, 0.25) is 0 Å². The van der Waals surface area contributed by atoms with E-state index in [0.29, 0.717) is 6.42 Å². The van der Waals surface area contributed by atoms with Crippen LogP contribution in [0.5, 0.6) is 0 Å². The highest BCUT2D eigenvalue weighted by molar-refractivity contribution is 7.12. The summed E-state index contributed by atoms with van der Waals surface area (Å²) >= 11 is 1.49. The molecule has 0 amide bonds. The van der Waals surface area contributed by atoms with Crippen LogP contribution in [-0.2, 0) is 11.2 Å². The topological polar surface area (TPSA) is 57.5 Å². The van der Waals surface area contributed by atoms with E-state index in [1.807, 2.05) is 19.1 Å². The van der Waals surface area contributed by atoms with E-state index in [-0.39, 0.29) is 0 Å². The van der Waals surface area contributed by atoms with Crippen molar-refractivity contribution in [3.8, 4) is 0 Å². The van der Waals surface area contributed by atoms with E-state index in [1.165, 1.54) is 16.2 Å². The molecule has 0 saturated carbocycles. The second-order valence-electron chi connectivity index (χ2n) is 3.46. The Morgan fingerprint density at radius 3 is 2.53 bits per heavy atom. The Balaban J connectivity index is 2.82. The van der Waals surface area contributed by atoms with Crippen LogP contribution in [-0.4, -0.2) is 16.2 Å². The molecule has 4 heteroatoms. The first kappa shape index (κ1) is 12.2. The lowest BCUT2D eigenvalue weighted by Crippen LogP contribution is -2.20. The van der Waals surface area contributed by atoms with Crippen molar-refractivity contribution < 1.29 is 15.0 Å². The van der Waals surface area contributed by atoms with Gasteiger partial charge in [-0.1, -0.05) is 13.8 Å². The number of aliphatic carboxylic acids is 1. The first-order valence-corrected chi connectivity index (χ1v) is 5.91. The number of aliphatic hydroxyl groups excluding tert-OH is 1. The molecule has 0 saturated heterocycles. The minimum Gasteiger partial charge on any atom is -0.481 e. The summed E-state index contributed by atoms with van der Waals surface area (Å²) in [5.41, 5.74) is 0. The number of hydrogen-bond acceptors (Lipinski definition) is 3. The van der Waals surface area contributed by atoms with E-state index in [9.17, 15) is 9.90 Å². The number of hydrogen-bond donors (Lipinski definition) is 2. The maximum atomic E-state index is 10.9. The maximum absolute atomic E-state index is 10.9. The zero-order valence-corrected chi connectivity index (χ0v) is 9.75. The summed E-state index contributed by atoms with van der Waals surface area (Å²) in [6, 6.07) is 3.76. The Hall–Kier alpha value is -0.870. The summed E-state index contributed by atoms with van der Waals surface area (Å²) in [7, 11) is 0. The van der Waals surface area contributed by atoms with Gasteiger partial charge in [0.25, 0.3) is 0 Å². The smallest absolute Gasteiger partial charge is 0.309 e. The third-order valence-electron chi connectivity index (χ3n) is 2.46. The van der Waals surface area contributed by atoms with Crippen molar-refractivity contribution in [2.24, 2.45) is 5.92 Å². The van der Waals surface area contributed by atoms with Crippen molar-refractivity contribution in [1.82, 2.24) is 0 Å². The van der Waals surface area contributed by atoms with E-state index < -0.39 is 18.0 Å². The van der Waals surface area contributed by atoms with Crippen molar-refractivity contribution in [3.63, 3.8) is 0 Å². The second-order valence-corrected chi connectivity index (χ2v) is 4.66. The van der Waals surface area contributed by atoms with Gasteiger partial charge in [0.2, 0.25) is 0 Å². The SMILES string of the molecule is CCc1ccc(C(O)C(CC)C(=O)O)s1. The summed E-state index contributed by atoms with van der Waals surface area (Å²) in [5.74, 6) is -1.63. The summed E-state index contributed by atoms with van der Waals surface area (Å²) < 4.78 is 0. The molecule has 3 nitrogen and oxygen atoms in total. The van der Waals surface area contributed by atoms with E-state index in [4.69, 9.17) is 5.11 Å². The molecule has 2 atom stereocenters. The number of carbonyl (C=O) groups is 1. The average Bonchev–Trinajstić information content (AvgIpc) is 2.66. The molecule has 0 fully saturated rings. The standard InChI is InChI=1S/C11H16O3S/c1-3-7-5-6-9(15-7)10(12)8(4-2)11(13)14/h5-6,8,10,12H,3-4H2,1-2H3,(H,13,14).